The summed E-state index contributed by atoms with van der Waals surface area (Å²) in [5, 5.41) is 0. The van der Waals surface area contributed by atoms with Crippen LogP contribution < -0.4 is 4.90 Å². The van der Waals surface area contributed by atoms with E-state index >= 15 is 0 Å². The van der Waals surface area contributed by atoms with Gasteiger partial charge in [0.15, 0.2) is 5.76 Å². The molecule has 4 atom stereocenters. The molecule has 3 aromatic rings. The van der Waals surface area contributed by atoms with E-state index in [-0.39, 0.29) is 29.4 Å². The fourth-order valence-electron chi connectivity index (χ4n) is 6.17. The molecular formula is C24H22N2O4. The highest BCUT2D eigenvalue weighted by Gasteiger charge is 2.71. The van der Waals surface area contributed by atoms with Crippen LogP contribution in [0.5, 0.6) is 0 Å². The number of nitrogens with zero attached hydrogens (tertiary/aromatic N) is 2. The van der Waals surface area contributed by atoms with E-state index < -0.39 is 11.5 Å². The normalized spacial score (nSPS) is 30.2. The van der Waals surface area contributed by atoms with Crippen LogP contribution in [0.4, 0.5) is 5.69 Å². The third-order valence-corrected chi connectivity index (χ3v) is 7.20. The number of hydrogen-bond acceptors (Lipinski definition) is 5. The van der Waals surface area contributed by atoms with Crippen molar-refractivity contribution < 1.29 is 18.4 Å². The number of likely N-dealkylation sites (N-methyl/N-ethyl adjacent to an activating group) is 1. The van der Waals surface area contributed by atoms with E-state index in [1.165, 1.54) is 6.26 Å². The van der Waals surface area contributed by atoms with Gasteiger partial charge in [-0.25, -0.2) is 0 Å². The lowest BCUT2D eigenvalue weighted by Crippen LogP contribution is -2.54. The zero-order valence-corrected chi connectivity index (χ0v) is 16.7. The predicted octanol–water partition coefficient (Wildman–Crippen LogP) is 3.81. The second-order valence-electron chi connectivity index (χ2n) is 8.41. The molecule has 1 amide bonds. The molecule has 6 heteroatoms. The number of hydrogen-bond donors (Lipinski definition) is 0. The van der Waals surface area contributed by atoms with Crippen LogP contribution in [0.15, 0.2) is 69.9 Å². The quantitative estimate of drug-likeness (QED) is 0.624. The van der Waals surface area contributed by atoms with Crippen molar-refractivity contribution in [1.82, 2.24) is 4.90 Å². The van der Waals surface area contributed by atoms with Crippen molar-refractivity contribution in [2.24, 2.45) is 5.92 Å². The smallest absolute Gasteiger partial charge is 0.252 e. The number of para-hydroxylation sites is 1. The zero-order chi connectivity index (χ0) is 20.5. The molecule has 6 nitrogen and oxygen atoms in total. The van der Waals surface area contributed by atoms with Gasteiger partial charge in [0.2, 0.25) is 5.78 Å². The largest absolute Gasteiger partial charge is 0.469 e. The van der Waals surface area contributed by atoms with Crippen molar-refractivity contribution in [2.75, 3.05) is 18.5 Å². The number of carbonyl (C=O) groups excluding carboxylic acids is 2. The third kappa shape index (κ3) is 2.02. The molecule has 152 valence electrons. The fourth-order valence-corrected chi connectivity index (χ4v) is 6.17. The lowest BCUT2D eigenvalue weighted by molar-refractivity contribution is -0.129. The number of carbonyl (C=O) groups is 2. The van der Waals surface area contributed by atoms with Gasteiger partial charge < -0.3 is 13.7 Å². The van der Waals surface area contributed by atoms with E-state index in [1.54, 1.807) is 30.3 Å². The maximum absolute atomic E-state index is 14.0. The highest BCUT2D eigenvalue weighted by molar-refractivity contribution is 6.12. The van der Waals surface area contributed by atoms with Crippen molar-refractivity contribution in [3.63, 3.8) is 0 Å². The minimum absolute atomic E-state index is 0.0467. The first kappa shape index (κ1) is 17.7. The Hall–Kier alpha value is -3.12. The molecule has 2 fully saturated rings. The Kier molecular flexibility index (Phi) is 3.65. The summed E-state index contributed by atoms with van der Waals surface area (Å²) in [5.74, 6) is 0.0107. The highest BCUT2D eigenvalue weighted by Crippen LogP contribution is 2.62. The van der Waals surface area contributed by atoms with Crippen LogP contribution in [0.25, 0.3) is 0 Å². The standard InChI is InChI=1S/C24H22N2O4/c1-25-16-8-3-2-7-15(16)24(23(25)28)21(22(27)19-11-6-14-30-19)20(18-10-5-13-29-18)17-9-4-12-26(17)24/h2-3,5-8,10-11,13-14,17,20-21H,4,9,12H2,1H3. The molecule has 0 bridgehead atoms. The molecule has 0 radical (unpaired) electrons. The average molecular weight is 402 g/mol. The van der Waals surface area contributed by atoms with Crippen LogP contribution in [0.1, 0.15) is 40.6 Å². The molecule has 1 aromatic carbocycles. The lowest BCUT2D eigenvalue weighted by Gasteiger charge is -2.37. The van der Waals surface area contributed by atoms with Crippen molar-refractivity contribution in [3.8, 4) is 0 Å². The molecule has 0 N–H and O–H groups in total. The maximum atomic E-state index is 14.0. The van der Waals surface area contributed by atoms with Crippen molar-refractivity contribution >= 4 is 17.4 Å². The van der Waals surface area contributed by atoms with E-state index in [9.17, 15) is 9.59 Å². The average Bonchev–Trinajstić information content (AvgIpc) is 3.56. The summed E-state index contributed by atoms with van der Waals surface area (Å²) in [7, 11) is 1.80. The summed E-state index contributed by atoms with van der Waals surface area (Å²) in [6, 6.07) is 15.1. The molecular weight excluding hydrogens is 380 g/mol. The van der Waals surface area contributed by atoms with Gasteiger partial charge in [0.25, 0.3) is 5.91 Å². The number of ketones is 1. The Morgan fingerprint density at radius 1 is 1.07 bits per heavy atom. The Labute approximate surface area is 174 Å². The molecule has 2 saturated heterocycles. The van der Waals surface area contributed by atoms with Crippen molar-refractivity contribution in [3.05, 3.63) is 78.1 Å². The molecule has 0 aliphatic carbocycles. The molecule has 2 aromatic heterocycles. The van der Waals surface area contributed by atoms with Crippen LogP contribution >= 0.6 is 0 Å². The third-order valence-electron chi connectivity index (χ3n) is 7.20. The van der Waals surface area contributed by atoms with Crippen LogP contribution in [0.3, 0.4) is 0 Å². The maximum Gasteiger partial charge on any atom is 0.252 e. The Morgan fingerprint density at radius 3 is 2.63 bits per heavy atom. The Bertz CT molecular complexity index is 1120. The second kappa shape index (κ2) is 6.19. The number of fused-ring (bicyclic) bond motifs is 4. The van der Waals surface area contributed by atoms with Gasteiger partial charge in [-0.15, -0.1) is 0 Å². The molecule has 30 heavy (non-hydrogen) atoms. The monoisotopic (exact) mass is 402 g/mol. The van der Waals surface area contributed by atoms with Gasteiger partial charge in [0.05, 0.1) is 18.4 Å². The predicted molar refractivity (Wildman–Crippen MR) is 109 cm³/mol. The summed E-state index contributed by atoms with van der Waals surface area (Å²) in [4.78, 5) is 31.9. The summed E-state index contributed by atoms with van der Waals surface area (Å²) in [6.45, 7) is 0.776. The molecule has 5 heterocycles. The first-order chi connectivity index (χ1) is 14.7. The Morgan fingerprint density at radius 2 is 1.87 bits per heavy atom. The van der Waals surface area contributed by atoms with E-state index in [4.69, 9.17) is 8.83 Å². The van der Waals surface area contributed by atoms with Gasteiger partial charge in [-0.05, 0) is 49.7 Å². The van der Waals surface area contributed by atoms with Crippen LogP contribution in [-0.4, -0.2) is 36.2 Å². The number of Topliss-reactive ketones (excluding diaryl/α,β-unsaturated/α-hetero) is 1. The van der Waals surface area contributed by atoms with Gasteiger partial charge in [-0.3, -0.25) is 14.5 Å². The Balaban J connectivity index is 1.65. The molecule has 3 aliphatic rings. The summed E-state index contributed by atoms with van der Waals surface area (Å²) in [6.07, 6.45) is 5.07. The van der Waals surface area contributed by atoms with Gasteiger partial charge in [-0.1, -0.05) is 18.2 Å². The van der Waals surface area contributed by atoms with Gasteiger partial charge >= 0.3 is 0 Å². The lowest BCUT2D eigenvalue weighted by atomic mass is 9.70. The fraction of sp³-hybridized carbons (Fsp3) is 0.333. The van der Waals surface area contributed by atoms with E-state index in [1.807, 2.05) is 36.4 Å². The highest BCUT2D eigenvalue weighted by atomic mass is 16.3. The number of benzene rings is 1. The van der Waals surface area contributed by atoms with E-state index in [2.05, 4.69) is 4.90 Å². The summed E-state index contributed by atoms with van der Waals surface area (Å²) in [5.41, 5.74) is 0.724. The second-order valence-corrected chi connectivity index (χ2v) is 8.41. The SMILES string of the molecule is CN1C(=O)C2(c3ccccc31)C(C(=O)c1ccco1)C(c1ccco1)C1CCCN12. The minimum atomic E-state index is -1.05. The summed E-state index contributed by atoms with van der Waals surface area (Å²) < 4.78 is 11.4. The van der Waals surface area contributed by atoms with E-state index in [0.717, 1.165) is 36.4 Å². The zero-order valence-electron chi connectivity index (χ0n) is 16.7. The number of anilines is 1. The first-order valence-electron chi connectivity index (χ1n) is 10.4. The minimum Gasteiger partial charge on any atom is -0.469 e. The van der Waals surface area contributed by atoms with Gasteiger partial charge in [0.1, 0.15) is 11.3 Å². The summed E-state index contributed by atoms with van der Waals surface area (Å²) >= 11 is 0. The number of furan rings is 2. The van der Waals surface area contributed by atoms with Crippen LogP contribution in [-0.2, 0) is 10.3 Å². The van der Waals surface area contributed by atoms with Gasteiger partial charge in [0, 0.05) is 30.3 Å². The topological polar surface area (TPSA) is 66.9 Å². The number of rotatable bonds is 3. The van der Waals surface area contributed by atoms with E-state index in [0.29, 0.717) is 0 Å². The van der Waals surface area contributed by atoms with Crippen molar-refractivity contribution in [1.29, 1.82) is 0 Å². The molecule has 6 rings (SSSR count). The molecule has 0 saturated carbocycles. The molecule has 4 unspecified atom stereocenters. The number of amides is 1. The van der Waals surface area contributed by atoms with Crippen LogP contribution in [0.2, 0.25) is 0 Å². The van der Waals surface area contributed by atoms with Crippen LogP contribution in [0, 0.1) is 5.92 Å². The first-order valence-corrected chi connectivity index (χ1v) is 10.4. The molecule has 1 spiro atoms. The van der Waals surface area contributed by atoms with Crippen molar-refractivity contribution in [2.45, 2.75) is 30.3 Å². The molecule has 3 aliphatic heterocycles. The van der Waals surface area contributed by atoms with Gasteiger partial charge in [-0.2, -0.15) is 0 Å².